The van der Waals surface area contributed by atoms with Crippen LogP contribution in [0.2, 0.25) is 0 Å². The summed E-state index contributed by atoms with van der Waals surface area (Å²) in [6.07, 6.45) is 1.45. The van der Waals surface area contributed by atoms with Crippen LogP contribution in [0.5, 0.6) is 11.5 Å². The van der Waals surface area contributed by atoms with Crippen LogP contribution in [0.25, 0.3) is 28.1 Å². The largest absolute Gasteiger partial charge is 0.497 e. The number of aromatic nitrogens is 1. The van der Waals surface area contributed by atoms with Crippen molar-refractivity contribution < 1.29 is 40.0 Å². The minimum absolute atomic E-state index is 0.0415. The van der Waals surface area contributed by atoms with Crippen LogP contribution in [0.15, 0.2) is 84.7 Å². The summed E-state index contributed by atoms with van der Waals surface area (Å²) in [4.78, 5) is 1.28. The molecule has 0 aliphatic carbocycles. The fourth-order valence-electron chi connectivity index (χ4n) is 4.32. The first kappa shape index (κ1) is 25.7. The number of anilines is 1. The zero-order valence-electron chi connectivity index (χ0n) is 20.1. The fraction of sp³-hybridized carbons (Fsp3) is 0.115. The number of rotatable bonds is 7. The van der Waals surface area contributed by atoms with E-state index in [0.717, 1.165) is 11.1 Å². The monoisotopic (exact) mass is 555 g/mol. The van der Waals surface area contributed by atoms with Crippen LogP contribution in [0.1, 0.15) is 5.69 Å². The third-order valence-electron chi connectivity index (χ3n) is 5.96. The van der Waals surface area contributed by atoms with Crippen molar-refractivity contribution >= 4 is 42.9 Å². The van der Waals surface area contributed by atoms with Gasteiger partial charge in [0.1, 0.15) is 5.75 Å². The predicted molar refractivity (Wildman–Crippen MR) is 142 cm³/mol. The van der Waals surface area contributed by atoms with Crippen LogP contribution in [0.4, 0.5) is 5.69 Å². The molecule has 1 aliphatic heterocycles. The molecule has 38 heavy (non-hydrogen) atoms. The number of fused-ring (bicyclic) bond motifs is 2. The Labute approximate surface area is 219 Å². The third-order valence-corrected chi connectivity index (χ3v) is 7.13. The van der Waals surface area contributed by atoms with E-state index in [0.29, 0.717) is 33.8 Å². The van der Waals surface area contributed by atoms with E-state index in [-0.39, 0.29) is 5.88 Å². The van der Waals surface area contributed by atoms with Gasteiger partial charge in [0.2, 0.25) is 17.1 Å². The molecule has 5 rings (SSSR count). The van der Waals surface area contributed by atoms with Crippen molar-refractivity contribution in [1.29, 1.82) is 0 Å². The highest BCUT2D eigenvalue weighted by atomic mass is 32.2. The Hall–Kier alpha value is -3.97. The normalized spacial score (nSPS) is 14.5. The van der Waals surface area contributed by atoms with E-state index in [9.17, 15) is 25.9 Å². The van der Waals surface area contributed by atoms with Gasteiger partial charge in [-0.25, -0.2) is 0 Å². The number of benzene rings is 3. The Morgan fingerprint density at radius 3 is 2.34 bits per heavy atom. The number of methoxy groups -OCH3 is 1. The predicted octanol–water partition coefficient (Wildman–Crippen LogP) is 3.69. The van der Waals surface area contributed by atoms with E-state index in [2.05, 4.69) is 0 Å². The number of hydrogen-bond acceptors (Lipinski definition) is 7. The third kappa shape index (κ3) is 5.48. The van der Waals surface area contributed by atoms with Gasteiger partial charge in [-0.3, -0.25) is 14.0 Å². The van der Waals surface area contributed by atoms with Crippen molar-refractivity contribution in [2.24, 2.45) is 0 Å². The van der Waals surface area contributed by atoms with Crippen molar-refractivity contribution in [3.05, 3.63) is 90.4 Å². The van der Waals surface area contributed by atoms with Crippen LogP contribution < -0.4 is 18.9 Å². The maximum Gasteiger partial charge on any atom is 0.326 e. The maximum atomic E-state index is 11.9. The Morgan fingerprint density at radius 2 is 1.66 bits per heavy atom. The first-order valence-corrected chi connectivity index (χ1v) is 14.5. The molecule has 0 spiro atoms. The molecule has 0 saturated heterocycles. The van der Waals surface area contributed by atoms with E-state index in [1.165, 1.54) is 22.7 Å². The summed E-state index contributed by atoms with van der Waals surface area (Å²) < 4.78 is 79.6. The summed E-state index contributed by atoms with van der Waals surface area (Å²) in [5, 5.41) is 0.646. The van der Waals surface area contributed by atoms with Crippen molar-refractivity contribution in [2.75, 3.05) is 17.9 Å². The van der Waals surface area contributed by atoms with E-state index in [4.69, 9.17) is 9.47 Å². The van der Waals surface area contributed by atoms with Gasteiger partial charge in [0, 0.05) is 12.1 Å². The second-order valence-corrected chi connectivity index (χ2v) is 11.4. The highest BCUT2D eigenvalue weighted by Crippen LogP contribution is 2.42. The molecule has 1 aliphatic rings. The van der Waals surface area contributed by atoms with Crippen LogP contribution in [0.3, 0.4) is 0 Å². The molecule has 2 N–H and O–H groups in total. The summed E-state index contributed by atoms with van der Waals surface area (Å²) in [7, 11) is -7.44. The van der Waals surface area contributed by atoms with Gasteiger partial charge < -0.3 is 9.47 Å². The number of pyridine rings is 1. The fourth-order valence-corrected chi connectivity index (χ4v) is 5.52. The molecule has 0 amide bonds. The molecule has 0 unspecified atom stereocenters. The molecule has 1 aromatic heterocycles. The maximum absolute atomic E-state index is 11.9. The number of nitrogens with zero attached hydrogens (tertiary/aromatic N) is 2. The Kier molecular flexibility index (Phi) is 6.57. The van der Waals surface area contributed by atoms with Gasteiger partial charge in [-0.05, 0) is 41.5 Å². The molecule has 10 nitrogen and oxygen atoms in total. The standard InChI is InChI=1S/C26H22N2O8S2/c1-35-22-10-11-23-20(13-22)7-9-21(27(23)16-37(29,30)31)15-26-28(17-38(32,33)34)24-14-19(8-12-25(24)36-26)18-5-3-2-4-6-18/h2-15H,16-17H2,1H3,(H-,29,30,31,32,33,34)/p+1. The molecule has 0 atom stereocenters. The highest BCUT2D eigenvalue weighted by molar-refractivity contribution is 7.85. The Balaban J connectivity index is 1.66. The molecule has 0 radical (unpaired) electrons. The van der Waals surface area contributed by atoms with Crippen LogP contribution in [-0.4, -0.2) is 38.9 Å². The molecular weight excluding hydrogens is 532 g/mol. The van der Waals surface area contributed by atoms with Gasteiger partial charge in [-0.15, -0.1) is 0 Å². The van der Waals surface area contributed by atoms with E-state index < -0.39 is 32.0 Å². The van der Waals surface area contributed by atoms with Crippen molar-refractivity contribution in [2.45, 2.75) is 5.88 Å². The van der Waals surface area contributed by atoms with Gasteiger partial charge in [0.25, 0.3) is 16.0 Å². The van der Waals surface area contributed by atoms with Crippen molar-refractivity contribution in [3.8, 4) is 22.6 Å². The smallest absolute Gasteiger partial charge is 0.326 e. The molecule has 0 bridgehead atoms. The van der Waals surface area contributed by atoms with Gasteiger partial charge in [-0.2, -0.15) is 21.4 Å². The first-order valence-electron chi connectivity index (χ1n) is 11.3. The number of ether oxygens (including phenoxy) is 2. The lowest BCUT2D eigenvalue weighted by Crippen LogP contribution is -2.41. The topological polar surface area (TPSA) is 134 Å². The summed E-state index contributed by atoms with van der Waals surface area (Å²) >= 11 is 0. The Bertz CT molecular complexity index is 1790. The average molecular weight is 556 g/mol. The molecule has 0 fully saturated rings. The van der Waals surface area contributed by atoms with Crippen molar-refractivity contribution in [3.63, 3.8) is 0 Å². The summed E-state index contributed by atoms with van der Waals surface area (Å²) in [5.74, 6) is -0.608. The first-order chi connectivity index (χ1) is 18.0. The lowest BCUT2D eigenvalue weighted by atomic mass is 10.0. The van der Waals surface area contributed by atoms with E-state index >= 15 is 0 Å². The molecule has 4 aromatic rings. The molecule has 0 saturated carbocycles. The van der Waals surface area contributed by atoms with Crippen molar-refractivity contribution in [1.82, 2.24) is 0 Å². The second-order valence-electron chi connectivity index (χ2n) is 8.59. The van der Waals surface area contributed by atoms with Crippen LogP contribution in [0, 0.1) is 0 Å². The number of hydrogen-bond donors (Lipinski definition) is 2. The minimum Gasteiger partial charge on any atom is -0.497 e. The highest BCUT2D eigenvalue weighted by Gasteiger charge is 2.32. The lowest BCUT2D eigenvalue weighted by molar-refractivity contribution is -0.653. The summed E-state index contributed by atoms with van der Waals surface area (Å²) in [5.41, 5.74) is 2.88. The van der Waals surface area contributed by atoms with Crippen LogP contribution in [-0.2, 0) is 26.1 Å². The summed E-state index contributed by atoms with van der Waals surface area (Å²) in [6, 6.07) is 23.1. The van der Waals surface area contributed by atoms with Gasteiger partial charge in [0.15, 0.2) is 11.6 Å². The summed E-state index contributed by atoms with van der Waals surface area (Å²) in [6.45, 7) is 0. The van der Waals surface area contributed by atoms with Gasteiger partial charge in [-0.1, -0.05) is 36.4 Å². The quantitative estimate of drug-likeness (QED) is 0.259. The average Bonchev–Trinajstić information content (AvgIpc) is 3.19. The molecular formula is C26H23N2O8S2+. The van der Waals surface area contributed by atoms with Gasteiger partial charge >= 0.3 is 10.1 Å². The van der Waals surface area contributed by atoms with E-state index in [1.54, 1.807) is 42.5 Å². The Morgan fingerprint density at radius 1 is 0.895 bits per heavy atom. The molecule has 2 heterocycles. The molecule has 12 heteroatoms. The van der Waals surface area contributed by atoms with Crippen LogP contribution >= 0.6 is 0 Å². The zero-order chi connectivity index (χ0) is 27.1. The molecule has 3 aromatic carbocycles. The lowest BCUT2D eigenvalue weighted by Gasteiger charge is -2.17. The van der Waals surface area contributed by atoms with Gasteiger partial charge in [0.05, 0.1) is 24.3 Å². The SMILES string of the molecule is COc1ccc2c(ccc(/C=C3\Oc4ccc(-c5ccccc5)cc4N3CS(=O)(=O)O)[n+]2CS(=O)(=O)O)c1. The van der Waals surface area contributed by atoms with E-state index in [1.807, 2.05) is 36.4 Å². The minimum atomic E-state index is -4.49. The molecule has 196 valence electrons. The zero-order valence-corrected chi connectivity index (χ0v) is 21.7. The second kappa shape index (κ2) is 9.72.